The van der Waals surface area contributed by atoms with Crippen molar-refractivity contribution in [2.24, 2.45) is 5.92 Å². The second-order valence-corrected chi connectivity index (χ2v) is 8.78. The minimum Gasteiger partial charge on any atom is -0.310 e. The van der Waals surface area contributed by atoms with Gasteiger partial charge in [-0.2, -0.15) is 13.2 Å². The molecule has 0 aromatic heterocycles. The van der Waals surface area contributed by atoms with Crippen LogP contribution in [-0.2, 0) is 9.84 Å². The van der Waals surface area contributed by atoms with E-state index >= 15 is 0 Å². The van der Waals surface area contributed by atoms with Crippen molar-refractivity contribution >= 4 is 9.84 Å². The molecule has 0 unspecified atom stereocenters. The first kappa shape index (κ1) is 17.1. The van der Waals surface area contributed by atoms with Gasteiger partial charge in [-0.15, -0.1) is 0 Å². The topological polar surface area (TPSA) is 46.2 Å². The first-order chi connectivity index (χ1) is 9.68. The second kappa shape index (κ2) is 6.44. The SMILES string of the molecule is CS(=O)(=O)[C@H]1CCCC[C@H]1NC1CCC(C(F)(F)F)CC1. The van der Waals surface area contributed by atoms with E-state index < -0.39 is 21.9 Å². The summed E-state index contributed by atoms with van der Waals surface area (Å²) in [6.07, 6.45) is 1.80. The normalized spacial score (nSPS) is 35.6. The fraction of sp³-hybridized carbons (Fsp3) is 1.00. The Balaban J connectivity index is 1.90. The molecule has 7 heteroatoms. The molecular formula is C14H24F3NO2S. The van der Waals surface area contributed by atoms with Gasteiger partial charge >= 0.3 is 6.18 Å². The molecule has 0 aromatic rings. The highest BCUT2D eigenvalue weighted by Crippen LogP contribution is 2.38. The van der Waals surface area contributed by atoms with E-state index in [1.54, 1.807) is 0 Å². The van der Waals surface area contributed by atoms with Crippen LogP contribution in [0.3, 0.4) is 0 Å². The molecule has 0 aliphatic heterocycles. The van der Waals surface area contributed by atoms with E-state index in [1.807, 2.05) is 0 Å². The molecule has 0 aromatic carbocycles. The van der Waals surface area contributed by atoms with E-state index in [9.17, 15) is 21.6 Å². The molecule has 0 saturated heterocycles. The lowest BCUT2D eigenvalue weighted by molar-refractivity contribution is -0.182. The van der Waals surface area contributed by atoms with E-state index in [2.05, 4.69) is 5.32 Å². The van der Waals surface area contributed by atoms with Crippen LogP contribution in [0.25, 0.3) is 0 Å². The van der Waals surface area contributed by atoms with Crippen molar-refractivity contribution in [3.05, 3.63) is 0 Å². The van der Waals surface area contributed by atoms with Gasteiger partial charge in [0, 0.05) is 18.3 Å². The van der Waals surface area contributed by atoms with E-state index in [0.717, 1.165) is 19.3 Å². The molecule has 2 aliphatic rings. The summed E-state index contributed by atoms with van der Waals surface area (Å²) in [6.45, 7) is 0. The minimum absolute atomic E-state index is 0.0240. The molecule has 2 aliphatic carbocycles. The molecule has 3 nitrogen and oxygen atoms in total. The van der Waals surface area contributed by atoms with Gasteiger partial charge in [-0.3, -0.25) is 0 Å². The van der Waals surface area contributed by atoms with Gasteiger partial charge in [0.15, 0.2) is 9.84 Å². The van der Waals surface area contributed by atoms with Crippen LogP contribution >= 0.6 is 0 Å². The van der Waals surface area contributed by atoms with E-state index in [0.29, 0.717) is 19.3 Å². The summed E-state index contributed by atoms with van der Waals surface area (Å²) in [4.78, 5) is 0. The minimum atomic E-state index is -4.09. The smallest absolute Gasteiger partial charge is 0.310 e. The highest BCUT2D eigenvalue weighted by atomic mass is 32.2. The third kappa shape index (κ3) is 4.58. The van der Waals surface area contributed by atoms with Crippen LogP contribution in [0.15, 0.2) is 0 Å². The maximum absolute atomic E-state index is 12.6. The number of sulfone groups is 1. The van der Waals surface area contributed by atoms with Crippen molar-refractivity contribution in [3.8, 4) is 0 Å². The standard InChI is InChI=1S/C14H24F3NO2S/c1-21(19,20)13-5-3-2-4-12(13)18-11-8-6-10(7-9-11)14(15,16)17/h10-13,18H,2-9H2,1H3/t10?,11?,12-,13+/m1/s1. The summed E-state index contributed by atoms with van der Waals surface area (Å²) in [5.41, 5.74) is 0. The summed E-state index contributed by atoms with van der Waals surface area (Å²) < 4.78 is 61.6. The quantitative estimate of drug-likeness (QED) is 0.866. The first-order valence-electron chi connectivity index (χ1n) is 7.69. The second-order valence-electron chi connectivity index (χ2n) is 6.52. The van der Waals surface area contributed by atoms with Gasteiger partial charge in [0.25, 0.3) is 0 Å². The molecule has 124 valence electrons. The number of rotatable bonds is 3. The predicted molar refractivity (Wildman–Crippen MR) is 75.8 cm³/mol. The van der Waals surface area contributed by atoms with Crippen LogP contribution in [0.2, 0.25) is 0 Å². The highest BCUT2D eigenvalue weighted by molar-refractivity contribution is 7.91. The average molecular weight is 327 g/mol. The summed E-state index contributed by atoms with van der Waals surface area (Å²) in [5, 5.41) is 2.96. The van der Waals surface area contributed by atoms with Gasteiger partial charge in [0.05, 0.1) is 11.2 Å². The van der Waals surface area contributed by atoms with Gasteiger partial charge in [0.1, 0.15) is 0 Å². The van der Waals surface area contributed by atoms with Crippen molar-refractivity contribution in [2.75, 3.05) is 6.26 Å². The van der Waals surface area contributed by atoms with Gasteiger partial charge in [0.2, 0.25) is 0 Å². The summed E-state index contributed by atoms with van der Waals surface area (Å²) >= 11 is 0. The lowest BCUT2D eigenvalue weighted by Gasteiger charge is -2.37. The Bertz CT molecular complexity index is 442. The average Bonchev–Trinajstić information content (AvgIpc) is 2.37. The molecular weight excluding hydrogens is 303 g/mol. The largest absolute Gasteiger partial charge is 0.391 e. The highest BCUT2D eigenvalue weighted by Gasteiger charge is 2.42. The summed E-state index contributed by atoms with van der Waals surface area (Å²) in [6, 6.07) is -0.0721. The van der Waals surface area contributed by atoms with Crippen LogP contribution in [0.4, 0.5) is 13.2 Å². The molecule has 2 saturated carbocycles. The third-order valence-corrected chi connectivity index (χ3v) is 6.56. The van der Waals surface area contributed by atoms with Crippen LogP contribution in [0.5, 0.6) is 0 Å². The Labute approximate surface area is 124 Å². The molecule has 21 heavy (non-hydrogen) atoms. The maximum atomic E-state index is 12.6. The van der Waals surface area contributed by atoms with Crippen LogP contribution in [-0.4, -0.2) is 38.2 Å². The number of alkyl halides is 3. The molecule has 0 radical (unpaired) electrons. The molecule has 1 N–H and O–H groups in total. The predicted octanol–water partition coefficient (Wildman–Crippen LogP) is 3.05. The van der Waals surface area contributed by atoms with E-state index in [4.69, 9.17) is 0 Å². The number of nitrogens with one attached hydrogen (secondary N) is 1. The fourth-order valence-corrected chi connectivity index (χ4v) is 5.10. The van der Waals surface area contributed by atoms with Crippen molar-refractivity contribution in [1.82, 2.24) is 5.32 Å². The van der Waals surface area contributed by atoms with Gasteiger partial charge < -0.3 is 5.32 Å². The Kier molecular flexibility index (Phi) is 5.23. The number of halogens is 3. The van der Waals surface area contributed by atoms with E-state index in [-0.39, 0.29) is 30.2 Å². The molecule has 0 bridgehead atoms. The van der Waals surface area contributed by atoms with Gasteiger partial charge in [-0.05, 0) is 38.5 Å². The van der Waals surface area contributed by atoms with Gasteiger partial charge in [-0.25, -0.2) is 8.42 Å². The molecule has 0 heterocycles. The van der Waals surface area contributed by atoms with Crippen molar-refractivity contribution in [3.63, 3.8) is 0 Å². The zero-order chi connectivity index (χ0) is 15.7. The third-order valence-electron chi connectivity index (χ3n) is 4.89. The lowest BCUT2D eigenvalue weighted by Crippen LogP contribution is -2.51. The maximum Gasteiger partial charge on any atom is 0.391 e. The van der Waals surface area contributed by atoms with Crippen LogP contribution in [0, 0.1) is 5.92 Å². The molecule has 0 spiro atoms. The molecule has 2 fully saturated rings. The zero-order valence-corrected chi connectivity index (χ0v) is 13.1. The lowest BCUT2D eigenvalue weighted by atomic mass is 9.84. The fourth-order valence-electron chi connectivity index (χ4n) is 3.69. The Morgan fingerprint density at radius 2 is 1.52 bits per heavy atom. The zero-order valence-electron chi connectivity index (χ0n) is 12.3. The summed E-state index contributed by atoms with van der Waals surface area (Å²) in [5.74, 6) is -1.19. The van der Waals surface area contributed by atoms with Crippen LogP contribution in [0.1, 0.15) is 51.4 Å². The van der Waals surface area contributed by atoms with Crippen LogP contribution < -0.4 is 5.32 Å². The first-order valence-corrected chi connectivity index (χ1v) is 9.65. The van der Waals surface area contributed by atoms with Crippen molar-refractivity contribution in [1.29, 1.82) is 0 Å². The van der Waals surface area contributed by atoms with E-state index in [1.165, 1.54) is 6.26 Å². The van der Waals surface area contributed by atoms with Gasteiger partial charge in [-0.1, -0.05) is 12.8 Å². The Morgan fingerprint density at radius 3 is 2.05 bits per heavy atom. The molecule has 2 rings (SSSR count). The monoisotopic (exact) mass is 327 g/mol. The summed E-state index contributed by atoms with van der Waals surface area (Å²) in [7, 11) is -3.10. The van der Waals surface area contributed by atoms with Crippen molar-refractivity contribution in [2.45, 2.75) is 74.9 Å². The number of hydrogen-bond donors (Lipinski definition) is 1. The molecule has 2 atom stereocenters. The Morgan fingerprint density at radius 1 is 0.952 bits per heavy atom. The molecule has 0 amide bonds. The van der Waals surface area contributed by atoms with Crippen molar-refractivity contribution < 1.29 is 21.6 Å². The number of hydrogen-bond acceptors (Lipinski definition) is 3. The Hall–Kier alpha value is -0.300.